The Morgan fingerprint density at radius 3 is 2.66 bits per heavy atom. The van der Waals surface area contributed by atoms with Crippen molar-refractivity contribution in [2.45, 2.75) is 44.2 Å². The van der Waals surface area contributed by atoms with Crippen LogP contribution in [0.3, 0.4) is 0 Å². The van der Waals surface area contributed by atoms with Crippen LogP contribution in [0, 0.1) is 11.3 Å². The number of amides is 1. The number of carbonyl (C=O) groups is 1. The van der Waals surface area contributed by atoms with Crippen molar-refractivity contribution in [2.24, 2.45) is 0 Å². The normalized spacial score (nSPS) is 18.9. The van der Waals surface area contributed by atoms with Crippen LogP contribution >= 0.6 is 0 Å². The van der Waals surface area contributed by atoms with Crippen molar-refractivity contribution < 1.29 is 19.0 Å². The molecule has 2 unspecified atom stereocenters. The number of nitriles is 1. The molecule has 7 heterocycles. The zero-order valence-corrected chi connectivity index (χ0v) is 22.6. The molecule has 3 N–H and O–H groups in total. The molecule has 12 heteroatoms. The van der Waals surface area contributed by atoms with Gasteiger partial charge in [0.15, 0.2) is 0 Å². The fraction of sp³-hybridized carbons (Fsp3) is 0.345. The number of morpholine rings is 1. The molecule has 3 aliphatic rings. The lowest BCUT2D eigenvalue weighted by Gasteiger charge is -2.47. The second-order valence-corrected chi connectivity index (χ2v) is 10.9. The second-order valence-electron chi connectivity index (χ2n) is 10.9. The fourth-order valence-corrected chi connectivity index (χ4v) is 5.01. The number of nitrogens with zero attached hydrogens (tertiary/aromatic N) is 6. The Hall–Kier alpha value is -4.60. The van der Waals surface area contributed by atoms with Gasteiger partial charge in [-0.15, -0.1) is 0 Å². The van der Waals surface area contributed by atoms with E-state index >= 15 is 0 Å². The van der Waals surface area contributed by atoms with Crippen LogP contribution in [0.15, 0.2) is 55.0 Å². The summed E-state index contributed by atoms with van der Waals surface area (Å²) >= 11 is 0. The van der Waals surface area contributed by atoms with E-state index in [1.165, 1.54) is 26.2 Å². The first-order chi connectivity index (χ1) is 19.7. The van der Waals surface area contributed by atoms with Crippen LogP contribution in [-0.4, -0.2) is 74.2 Å². The number of piperidine rings is 1. The van der Waals surface area contributed by atoms with Crippen molar-refractivity contribution in [1.29, 1.82) is 5.26 Å². The molecule has 2 bridgehead atoms. The van der Waals surface area contributed by atoms with Gasteiger partial charge >= 0.3 is 0 Å². The van der Waals surface area contributed by atoms with Gasteiger partial charge in [-0.2, -0.15) is 10.4 Å². The maximum Gasteiger partial charge on any atom is 0.255 e. The Morgan fingerprint density at radius 1 is 1.20 bits per heavy atom. The molecule has 0 saturated carbocycles. The molecule has 210 valence electrons. The van der Waals surface area contributed by atoms with Crippen molar-refractivity contribution in [3.63, 3.8) is 0 Å². The maximum atomic E-state index is 14.4. The number of carbonyl (C=O) groups excluding carboxylic acids is 1. The summed E-state index contributed by atoms with van der Waals surface area (Å²) < 4.78 is 21.7. The molecule has 3 atom stereocenters. The molecule has 4 aromatic rings. The predicted octanol–water partition coefficient (Wildman–Crippen LogP) is 3.22. The number of halogens is 1. The number of ether oxygens (including phenoxy) is 1. The molecule has 1 amide bonds. The highest BCUT2D eigenvalue weighted by Crippen LogP contribution is 2.32. The number of nitrogens with one attached hydrogen (secondary N) is 2. The fourth-order valence-electron chi connectivity index (χ4n) is 5.01. The summed E-state index contributed by atoms with van der Waals surface area (Å²) in [5, 5.41) is 29.3. The third kappa shape index (κ3) is 5.41. The molecule has 3 aliphatic heterocycles. The van der Waals surface area contributed by atoms with Crippen molar-refractivity contribution in [3.8, 4) is 17.5 Å². The summed E-state index contributed by atoms with van der Waals surface area (Å²) in [6.45, 7) is 3.95. The summed E-state index contributed by atoms with van der Waals surface area (Å²) in [5.41, 5.74) is 2.01. The number of pyridine rings is 2. The molecule has 3 saturated heterocycles. The van der Waals surface area contributed by atoms with Crippen LogP contribution < -0.4 is 15.5 Å². The molecule has 0 aliphatic carbocycles. The largest absolute Gasteiger partial charge is 0.387 e. The maximum absolute atomic E-state index is 14.4. The van der Waals surface area contributed by atoms with Crippen molar-refractivity contribution in [1.82, 2.24) is 24.9 Å². The van der Waals surface area contributed by atoms with E-state index in [1.54, 1.807) is 22.8 Å². The highest BCUT2D eigenvalue weighted by Gasteiger charge is 2.38. The average molecular weight is 557 g/mol. The number of hydrogen-bond acceptors (Lipinski definition) is 9. The molecule has 3 fully saturated rings. The van der Waals surface area contributed by atoms with Crippen LogP contribution in [0.1, 0.15) is 36.2 Å². The predicted molar refractivity (Wildman–Crippen MR) is 150 cm³/mol. The van der Waals surface area contributed by atoms with Gasteiger partial charge in [0.05, 0.1) is 76.2 Å². The highest BCUT2D eigenvalue weighted by atomic mass is 19.1. The Kier molecular flexibility index (Phi) is 6.76. The van der Waals surface area contributed by atoms with Gasteiger partial charge in [0.25, 0.3) is 5.91 Å². The zero-order valence-electron chi connectivity index (χ0n) is 22.6. The number of alkyl halides is 1. The molecule has 7 rings (SSSR count). The minimum Gasteiger partial charge on any atom is -0.387 e. The first-order valence-corrected chi connectivity index (χ1v) is 13.3. The van der Waals surface area contributed by atoms with Gasteiger partial charge in [-0.1, -0.05) is 0 Å². The van der Waals surface area contributed by atoms with E-state index in [2.05, 4.69) is 36.7 Å². The smallest absolute Gasteiger partial charge is 0.255 e. The standard InChI is InChI=1S/C29H29FN8O3/c1-29(2,40)26(30)14-34-28(39)22-13-32-24(25-5-4-19-7-17(10-31)11-35-38(19)25)9-23(22)36-18-3-6-27(33-12-18)37-15-20-8-21(16-37)41-20/h3-7,9,11-13,20-21,26,40H,8,14-16H2,1-2H3,(H,32,36)(H,34,39)/t20?,21?,26-/m1/s1. The van der Waals surface area contributed by atoms with Crippen molar-refractivity contribution in [2.75, 3.05) is 29.9 Å². The van der Waals surface area contributed by atoms with Gasteiger partial charge in [0.2, 0.25) is 0 Å². The second kappa shape index (κ2) is 10.4. The monoisotopic (exact) mass is 556 g/mol. The van der Waals surface area contributed by atoms with E-state index in [9.17, 15) is 19.6 Å². The molecule has 4 aromatic heterocycles. The molecule has 0 spiro atoms. The number of anilines is 3. The van der Waals surface area contributed by atoms with Crippen molar-refractivity contribution in [3.05, 3.63) is 66.1 Å². The van der Waals surface area contributed by atoms with Crippen LogP contribution in [0.2, 0.25) is 0 Å². The Bertz CT molecular complexity index is 1630. The topological polar surface area (TPSA) is 141 Å². The number of rotatable bonds is 8. The van der Waals surface area contributed by atoms with Crippen LogP contribution in [0.5, 0.6) is 0 Å². The lowest BCUT2D eigenvalue weighted by molar-refractivity contribution is -0.133. The van der Waals surface area contributed by atoms with Gasteiger partial charge < -0.3 is 25.4 Å². The minimum absolute atomic E-state index is 0.189. The van der Waals surface area contributed by atoms with Crippen LogP contribution in [0.4, 0.5) is 21.6 Å². The van der Waals surface area contributed by atoms with Crippen LogP contribution in [0.25, 0.3) is 16.9 Å². The third-order valence-corrected chi connectivity index (χ3v) is 7.36. The van der Waals surface area contributed by atoms with E-state index in [-0.39, 0.29) is 24.3 Å². The molecular formula is C29H29FN8O3. The number of hydrogen-bond donors (Lipinski definition) is 3. The number of aliphatic hydroxyl groups is 1. The molecule has 0 radical (unpaired) electrons. The first kappa shape index (κ1) is 26.6. The van der Waals surface area contributed by atoms with E-state index in [0.717, 1.165) is 30.8 Å². The van der Waals surface area contributed by atoms with Gasteiger partial charge in [-0.25, -0.2) is 13.9 Å². The Labute approximate surface area is 235 Å². The molecule has 0 aromatic carbocycles. The Morgan fingerprint density at radius 2 is 1.98 bits per heavy atom. The quantitative estimate of drug-likeness (QED) is 0.298. The third-order valence-electron chi connectivity index (χ3n) is 7.36. The van der Waals surface area contributed by atoms with Gasteiger partial charge in [-0.3, -0.25) is 9.78 Å². The van der Waals surface area contributed by atoms with E-state index in [4.69, 9.17) is 4.74 Å². The molecular weight excluding hydrogens is 527 g/mol. The first-order valence-electron chi connectivity index (χ1n) is 13.3. The van der Waals surface area contributed by atoms with Gasteiger partial charge in [-0.05, 0) is 50.2 Å². The van der Waals surface area contributed by atoms with Gasteiger partial charge in [0, 0.05) is 25.7 Å². The van der Waals surface area contributed by atoms with Gasteiger partial charge in [0.1, 0.15) is 18.1 Å². The summed E-state index contributed by atoms with van der Waals surface area (Å²) in [4.78, 5) is 24.5. The van der Waals surface area contributed by atoms with E-state index in [0.29, 0.717) is 28.3 Å². The SMILES string of the molecule is CC(C)(O)[C@H](F)CNC(=O)c1cnc(-c2ccc3cc(C#N)cnn23)cc1Nc1ccc(N2CC3CC(C2)O3)nc1. The summed E-state index contributed by atoms with van der Waals surface area (Å²) in [6.07, 6.45) is 4.54. The summed E-state index contributed by atoms with van der Waals surface area (Å²) in [5.74, 6) is 0.303. The number of fused-ring (bicyclic) bond motifs is 3. The minimum atomic E-state index is -1.66. The lowest BCUT2D eigenvalue weighted by atomic mass is 9.99. The number of aromatic nitrogens is 4. The molecule has 41 heavy (non-hydrogen) atoms. The van der Waals surface area contributed by atoms with E-state index < -0.39 is 17.7 Å². The Balaban J connectivity index is 1.29. The average Bonchev–Trinajstić information content (AvgIpc) is 3.38. The summed E-state index contributed by atoms with van der Waals surface area (Å²) in [7, 11) is 0. The van der Waals surface area contributed by atoms with E-state index in [1.807, 2.05) is 24.3 Å². The van der Waals surface area contributed by atoms with Crippen LogP contribution in [-0.2, 0) is 4.74 Å². The highest BCUT2D eigenvalue weighted by molar-refractivity contribution is 6.00. The zero-order chi connectivity index (χ0) is 28.7. The lowest BCUT2D eigenvalue weighted by Crippen LogP contribution is -2.57. The van der Waals surface area contributed by atoms with Crippen molar-refractivity contribution >= 4 is 28.6 Å². The molecule has 11 nitrogen and oxygen atoms in total. The summed E-state index contributed by atoms with van der Waals surface area (Å²) in [6, 6.07) is 13.0.